The van der Waals surface area contributed by atoms with E-state index in [1.165, 1.54) is 11.3 Å². The number of carbonyl (C=O) groups excluding carboxylic acids is 2. The summed E-state index contributed by atoms with van der Waals surface area (Å²) in [7, 11) is 0. The molecule has 32 heavy (non-hydrogen) atoms. The molecule has 2 aromatic carbocycles. The number of esters is 1. The molecule has 2 N–H and O–H groups in total. The molecular formula is C27H30NO3S+. The first kappa shape index (κ1) is 22.4. The topological polar surface area (TPSA) is 60.0 Å². The zero-order valence-corrected chi connectivity index (χ0v) is 19.4. The van der Waals surface area contributed by atoms with Crippen LogP contribution in [0.1, 0.15) is 53.6 Å². The SMILES string of the molecule is CCC(CC)C(C[NH2+]CC(=O)c1cccs1)C(=O)OC1c2ccccc2-c2ccccc21. The van der Waals surface area contributed by atoms with Gasteiger partial charge in [-0.2, -0.15) is 0 Å². The van der Waals surface area contributed by atoms with Gasteiger partial charge in [0, 0.05) is 11.1 Å². The first-order valence-corrected chi connectivity index (χ1v) is 12.3. The van der Waals surface area contributed by atoms with E-state index in [9.17, 15) is 9.59 Å². The maximum atomic E-state index is 13.5. The van der Waals surface area contributed by atoms with E-state index in [1.807, 2.05) is 59.2 Å². The van der Waals surface area contributed by atoms with Crippen molar-refractivity contribution in [2.75, 3.05) is 13.1 Å². The van der Waals surface area contributed by atoms with Crippen LogP contribution in [-0.2, 0) is 9.53 Å². The third kappa shape index (κ3) is 4.54. The van der Waals surface area contributed by atoms with Crippen molar-refractivity contribution < 1.29 is 19.6 Å². The summed E-state index contributed by atoms with van der Waals surface area (Å²) in [6.45, 7) is 5.13. The second-order valence-corrected chi connectivity index (χ2v) is 9.25. The Kier molecular flexibility index (Phi) is 7.18. The molecule has 1 atom stereocenters. The number of hydrogen-bond donors (Lipinski definition) is 1. The molecule has 0 aliphatic heterocycles. The largest absolute Gasteiger partial charge is 0.452 e. The van der Waals surface area contributed by atoms with Crippen LogP contribution in [0.3, 0.4) is 0 Å². The van der Waals surface area contributed by atoms with Crippen molar-refractivity contribution in [1.29, 1.82) is 0 Å². The molecule has 0 amide bonds. The van der Waals surface area contributed by atoms with Gasteiger partial charge >= 0.3 is 5.97 Å². The number of ether oxygens (including phenoxy) is 1. The maximum absolute atomic E-state index is 13.5. The molecule has 1 unspecified atom stereocenters. The Balaban J connectivity index is 1.49. The minimum absolute atomic E-state index is 0.107. The minimum atomic E-state index is -0.375. The highest BCUT2D eigenvalue weighted by Crippen LogP contribution is 2.45. The molecule has 3 aromatic rings. The summed E-state index contributed by atoms with van der Waals surface area (Å²) in [5.74, 6) is -0.0890. The first-order valence-electron chi connectivity index (χ1n) is 11.4. The average Bonchev–Trinajstić information content (AvgIpc) is 3.46. The fourth-order valence-electron chi connectivity index (χ4n) is 4.71. The van der Waals surface area contributed by atoms with E-state index in [0.717, 1.165) is 40.0 Å². The number of benzene rings is 2. The van der Waals surface area contributed by atoms with Crippen molar-refractivity contribution in [2.24, 2.45) is 11.8 Å². The van der Waals surface area contributed by atoms with Gasteiger partial charge in [-0.1, -0.05) is 81.3 Å². The van der Waals surface area contributed by atoms with Gasteiger partial charge in [-0.3, -0.25) is 9.59 Å². The number of ketones is 1. The zero-order valence-electron chi connectivity index (χ0n) is 18.6. The van der Waals surface area contributed by atoms with E-state index in [0.29, 0.717) is 13.1 Å². The van der Waals surface area contributed by atoms with Crippen molar-refractivity contribution in [2.45, 2.75) is 32.8 Å². The van der Waals surface area contributed by atoms with Gasteiger partial charge in [-0.15, -0.1) is 11.3 Å². The lowest BCUT2D eigenvalue weighted by molar-refractivity contribution is -0.647. The smallest absolute Gasteiger partial charge is 0.315 e. The Morgan fingerprint density at radius 3 is 2.12 bits per heavy atom. The van der Waals surface area contributed by atoms with E-state index < -0.39 is 0 Å². The predicted molar refractivity (Wildman–Crippen MR) is 128 cm³/mol. The summed E-state index contributed by atoms with van der Waals surface area (Å²) in [6, 6.07) is 20.0. The summed E-state index contributed by atoms with van der Waals surface area (Å²) < 4.78 is 6.20. The van der Waals surface area contributed by atoms with Crippen LogP contribution in [-0.4, -0.2) is 24.8 Å². The lowest BCUT2D eigenvalue weighted by Gasteiger charge is -2.25. The van der Waals surface area contributed by atoms with Crippen LogP contribution in [0.15, 0.2) is 66.0 Å². The van der Waals surface area contributed by atoms with Crippen LogP contribution in [0, 0.1) is 11.8 Å². The van der Waals surface area contributed by atoms with Crippen LogP contribution in [0.4, 0.5) is 0 Å². The molecule has 4 nitrogen and oxygen atoms in total. The molecule has 0 fully saturated rings. The summed E-state index contributed by atoms with van der Waals surface area (Å²) in [5, 5.41) is 3.87. The third-order valence-electron chi connectivity index (χ3n) is 6.48. The first-order chi connectivity index (χ1) is 15.6. The highest BCUT2D eigenvalue weighted by Gasteiger charge is 2.36. The second kappa shape index (κ2) is 10.2. The van der Waals surface area contributed by atoms with E-state index in [-0.39, 0.29) is 29.7 Å². The molecule has 1 heterocycles. The van der Waals surface area contributed by atoms with Crippen LogP contribution in [0.25, 0.3) is 11.1 Å². The molecule has 0 bridgehead atoms. The van der Waals surface area contributed by atoms with Gasteiger partial charge in [0.05, 0.1) is 11.4 Å². The molecule has 1 aromatic heterocycles. The molecule has 0 saturated heterocycles. The number of nitrogens with two attached hydrogens (primary N) is 1. The van der Waals surface area contributed by atoms with Gasteiger partial charge in [-0.25, -0.2) is 0 Å². The lowest BCUT2D eigenvalue weighted by Crippen LogP contribution is -2.87. The van der Waals surface area contributed by atoms with E-state index in [4.69, 9.17) is 4.74 Å². The number of hydrogen-bond acceptors (Lipinski definition) is 4. The maximum Gasteiger partial charge on any atom is 0.315 e. The van der Waals surface area contributed by atoms with Gasteiger partial charge < -0.3 is 10.1 Å². The van der Waals surface area contributed by atoms with Crippen molar-refractivity contribution >= 4 is 23.1 Å². The molecule has 1 aliphatic carbocycles. The number of rotatable bonds is 10. The van der Waals surface area contributed by atoms with Gasteiger partial charge in [0.25, 0.3) is 0 Å². The van der Waals surface area contributed by atoms with Crippen molar-refractivity contribution in [3.63, 3.8) is 0 Å². The van der Waals surface area contributed by atoms with E-state index in [2.05, 4.69) is 26.0 Å². The number of fused-ring (bicyclic) bond motifs is 3. The fraction of sp³-hybridized carbons (Fsp3) is 0.333. The number of Topliss-reactive ketones (excluding diaryl/α,β-unsaturated/α-hetero) is 1. The Hall–Kier alpha value is -2.76. The number of quaternary nitrogens is 1. The summed E-state index contributed by atoms with van der Waals surface area (Å²) in [4.78, 5) is 26.6. The Labute approximate surface area is 193 Å². The van der Waals surface area contributed by atoms with Crippen molar-refractivity contribution in [3.05, 3.63) is 82.0 Å². The van der Waals surface area contributed by atoms with Crippen LogP contribution >= 0.6 is 11.3 Å². The van der Waals surface area contributed by atoms with Gasteiger partial charge in [0.2, 0.25) is 5.78 Å². The quantitative estimate of drug-likeness (QED) is 0.356. The molecule has 5 heteroatoms. The molecule has 0 spiro atoms. The van der Waals surface area contributed by atoms with Crippen LogP contribution < -0.4 is 5.32 Å². The standard InChI is InChI=1S/C27H29NO3S/c1-3-18(4-2)23(16-28-17-24(29)25-14-9-15-32-25)27(30)31-26-21-12-7-5-10-19(21)20-11-6-8-13-22(20)26/h5-15,18,23,26,28H,3-4,16-17H2,1-2H3/p+1. The summed E-state index contributed by atoms with van der Waals surface area (Å²) >= 11 is 1.46. The molecular weight excluding hydrogens is 418 g/mol. The van der Waals surface area contributed by atoms with Crippen molar-refractivity contribution in [3.8, 4) is 11.1 Å². The Bertz CT molecular complexity index is 1030. The number of carbonyl (C=O) groups is 2. The monoisotopic (exact) mass is 448 g/mol. The van der Waals surface area contributed by atoms with Crippen LogP contribution in [0.5, 0.6) is 0 Å². The third-order valence-corrected chi connectivity index (χ3v) is 7.39. The fourth-order valence-corrected chi connectivity index (χ4v) is 5.39. The van der Waals surface area contributed by atoms with Gasteiger partial charge in [0.1, 0.15) is 12.5 Å². The summed E-state index contributed by atoms with van der Waals surface area (Å²) in [5.41, 5.74) is 4.35. The average molecular weight is 449 g/mol. The van der Waals surface area contributed by atoms with E-state index in [1.54, 1.807) is 0 Å². The highest BCUT2D eigenvalue weighted by molar-refractivity contribution is 7.12. The predicted octanol–water partition coefficient (Wildman–Crippen LogP) is 4.86. The molecule has 166 valence electrons. The normalized spacial score (nSPS) is 13.6. The van der Waals surface area contributed by atoms with Gasteiger partial charge in [-0.05, 0) is 28.5 Å². The Morgan fingerprint density at radius 1 is 0.938 bits per heavy atom. The molecule has 1 aliphatic rings. The molecule has 0 saturated carbocycles. The van der Waals surface area contributed by atoms with E-state index >= 15 is 0 Å². The molecule has 4 rings (SSSR count). The zero-order chi connectivity index (χ0) is 22.5. The number of thiophene rings is 1. The lowest BCUT2D eigenvalue weighted by atomic mass is 9.87. The van der Waals surface area contributed by atoms with Crippen molar-refractivity contribution in [1.82, 2.24) is 0 Å². The molecule has 0 radical (unpaired) electrons. The summed E-state index contributed by atoms with van der Waals surface area (Å²) in [6.07, 6.45) is 1.43. The van der Waals surface area contributed by atoms with Crippen LogP contribution in [0.2, 0.25) is 0 Å². The second-order valence-electron chi connectivity index (χ2n) is 8.30. The Morgan fingerprint density at radius 2 is 1.56 bits per heavy atom. The highest BCUT2D eigenvalue weighted by atomic mass is 32.1. The van der Waals surface area contributed by atoms with Gasteiger partial charge in [0.15, 0.2) is 6.10 Å². The minimum Gasteiger partial charge on any atom is -0.452 e.